The first-order valence-corrected chi connectivity index (χ1v) is 5.91. The number of morpholine rings is 1. The number of ether oxygens (including phenoxy) is 1. The molecule has 2 N–H and O–H groups in total. The molecule has 1 aromatic rings. The van der Waals surface area contributed by atoms with Crippen LogP contribution in [-0.2, 0) is 14.3 Å². The quantitative estimate of drug-likeness (QED) is 0.763. The summed E-state index contributed by atoms with van der Waals surface area (Å²) in [6.07, 6.45) is -0.251. The van der Waals surface area contributed by atoms with E-state index in [4.69, 9.17) is 22.1 Å². The highest BCUT2D eigenvalue weighted by atomic mass is 35.5. The summed E-state index contributed by atoms with van der Waals surface area (Å²) in [7, 11) is 0. The van der Waals surface area contributed by atoms with E-state index >= 15 is 0 Å². The Kier molecular flexibility index (Phi) is 3.84. The molecular formula is C12H13ClN2O3. The van der Waals surface area contributed by atoms with Gasteiger partial charge in [-0.15, -0.1) is 0 Å². The third-order valence-electron chi connectivity index (χ3n) is 2.81. The zero-order chi connectivity index (χ0) is 13.1. The van der Waals surface area contributed by atoms with Gasteiger partial charge < -0.3 is 15.4 Å². The number of nitrogens with two attached hydrogens (primary N) is 1. The third kappa shape index (κ3) is 2.80. The SMILES string of the molecule is NC(=O)C(=O)N1CCO[C@H](c2ccc(Cl)cc2)C1. The summed E-state index contributed by atoms with van der Waals surface area (Å²) in [5.41, 5.74) is 5.90. The van der Waals surface area contributed by atoms with Gasteiger partial charge in [-0.05, 0) is 17.7 Å². The third-order valence-corrected chi connectivity index (χ3v) is 3.06. The Hall–Kier alpha value is -1.59. The Labute approximate surface area is 109 Å². The number of carbonyl (C=O) groups is 2. The first kappa shape index (κ1) is 12.9. The molecule has 1 heterocycles. The first-order chi connectivity index (χ1) is 8.58. The van der Waals surface area contributed by atoms with Crippen molar-refractivity contribution in [1.29, 1.82) is 0 Å². The second kappa shape index (κ2) is 5.37. The molecule has 1 atom stereocenters. The Balaban J connectivity index is 2.09. The molecule has 2 rings (SSSR count). The van der Waals surface area contributed by atoms with Crippen LogP contribution >= 0.6 is 11.6 Å². The second-order valence-electron chi connectivity index (χ2n) is 4.03. The average molecular weight is 269 g/mol. The van der Waals surface area contributed by atoms with Crippen molar-refractivity contribution < 1.29 is 14.3 Å². The standard InChI is InChI=1S/C12H13ClN2O3/c13-9-3-1-8(2-4-9)10-7-15(5-6-18-10)12(17)11(14)16/h1-4,10H,5-7H2,(H2,14,16)/t10-/m0/s1. The summed E-state index contributed by atoms with van der Waals surface area (Å²) in [5, 5.41) is 0.639. The summed E-state index contributed by atoms with van der Waals surface area (Å²) in [4.78, 5) is 23.8. The highest BCUT2D eigenvalue weighted by Gasteiger charge is 2.27. The molecule has 1 aliphatic rings. The molecule has 96 valence electrons. The van der Waals surface area contributed by atoms with E-state index < -0.39 is 11.8 Å². The number of hydrogen-bond donors (Lipinski definition) is 1. The van der Waals surface area contributed by atoms with E-state index in [0.29, 0.717) is 24.7 Å². The fraction of sp³-hybridized carbons (Fsp3) is 0.333. The van der Waals surface area contributed by atoms with Crippen molar-refractivity contribution >= 4 is 23.4 Å². The van der Waals surface area contributed by atoms with Crippen molar-refractivity contribution in [3.05, 3.63) is 34.9 Å². The predicted octanol–water partition coefficient (Wildman–Crippen LogP) is 0.725. The number of amides is 2. The zero-order valence-corrected chi connectivity index (χ0v) is 10.4. The molecule has 6 heteroatoms. The molecule has 0 aliphatic carbocycles. The van der Waals surface area contributed by atoms with E-state index in [1.807, 2.05) is 12.1 Å². The molecule has 0 saturated carbocycles. The molecule has 0 unspecified atom stereocenters. The van der Waals surface area contributed by atoms with Crippen LogP contribution in [-0.4, -0.2) is 36.4 Å². The number of halogens is 1. The van der Waals surface area contributed by atoms with E-state index in [0.717, 1.165) is 5.56 Å². The Morgan fingerprint density at radius 3 is 2.61 bits per heavy atom. The Morgan fingerprint density at radius 2 is 2.00 bits per heavy atom. The van der Waals surface area contributed by atoms with E-state index in [2.05, 4.69) is 0 Å². The van der Waals surface area contributed by atoms with E-state index in [-0.39, 0.29) is 6.10 Å². The minimum Gasteiger partial charge on any atom is -0.370 e. The molecule has 0 aromatic heterocycles. The lowest BCUT2D eigenvalue weighted by Gasteiger charge is -2.32. The molecule has 1 fully saturated rings. The molecule has 1 aliphatic heterocycles. The van der Waals surface area contributed by atoms with Crippen molar-refractivity contribution in [3.63, 3.8) is 0 Å². The summed E-state index contributed by atoms with van der Waals surface area (Å²) in [6.45, 7) is 1.08. The first-order valence-electron chi connectivity index (χ1n) is 5.53. The van der Waals surface area contributed by atoms with Gasteiger partial charge in [-0.3, -0.25) is 9.59 Å². The zero-order valence-electron chi connectivity index (χ0n) is 9.64. The number of hydrogen-bond acceptors (Lipinski definition) is 3. The van der Waals surface area contributed by atoms with Gasteiger partial charge in [0, 0.05) is 11.6 Å². The topological polar surface area (TPSA) is 72.6 Å². The fourth-order valence-corrected chi connectivity index (χ4v) is 1.99. The monoisotopic (exact) mass is 268 g/mol. The second-order valence-corrected chi connectivity index (χ2v) is 4.46. The van der Waals surface area contributed by atoms with Crippen LogP contribution in [0.1, 0.15) is 11.7 Å². The number of nitrogens with zero attached hydrogens (tertiary/aromatic N) is 1. The van der Waals surface area contributed by atoms with Gasteiger partial charge in [0.1, 0.15) is 6.10 Å². The van der Waals surface area contributed by atoms with Gasteiger partial charge in [0.15, 0.2) is 0 Å². The molecule has 2 amide bonds. The van der Waals surface area contributed by atoms with Crippen molar-refractivity contribution in [1.82, 2.24) is 4.90 Å². The average Bonchev–Trinajstić information content (AvgIpc) is 2.38. The van der Waals surface area contributed by atoms with Crippen molar-refractivity contribution in [3.8, 4) is 0 Å². The molecule has 0 bridgehead atoms. The van der Waals surface area contributed by atoms with Gasteiger partial charge in [0.25, 0.3) is 0 Å². The van der Waals surface area contributed by atoms with Gasteiger partial charge in [-0.1, -0.05) is 23.7 Å². The Bertz CT molecular complexity index is 461. The number of carbonyl (C=O) groups excluding carboxylic acids is 2. The van der Waals surface area contributed by atoms with Gasteiger partial charge in [-0.25, -0.2) is 0 Å². The van der Waals surface area contributed by atoms with Crippen LogP contribution in [0.15, 0.2) is 24.3 Å². The normalized spacial score (nSPS) is 19.6. The predicted molar refractivity (Wildman–Crippen MR) is 65.9 cm³/mol. The maximum absolute atomic E-state index is 11.5. The van der Waals surface area contributed by atoms with Gasteiger partial charge in [0.2, 0.25) is 0 Å². The van der Waals surface area contributed by atoms with Crippen LogP contribution in [0.25, 0.3) is 0 Å². The summed E-state index contributed by atoms with van der Waals surface area (Å²) >= 11 is 5.80. The minimum absolute atomic E-state index is 0.251. The summed E-state index contributed by atoms with van der Waals surface area (Å²) in [5.74, 6) is -1.61. The van der Waals surface area contributed by atoms with Crippen molar-refractivity contribution in [2.24, 2.45) is 5.73 Å². The van der Waals surface area contributed by atoms with Crippen LogP contribution in [0.5, 0.6) is 0 Å². The largest absolute Gasteiger partial charge is 0.370 e. The minimum atomic E-state index is -0.938. The molecule has 1 saturated heterocycles. The van der Waals surface area contributed by atoms with Crippen LogP contribution in [0.4, 0.5) is 0 Å². The lowest BCUT2D eigenvalue weighted by Crippen LogP contribution is -2.47. The van der Waals surface area contributed by atoms with E-state index in [1.54, 1.807) is 12.1 Å². The fourth-order valence-electron chi connectivity index (χ4n) is 1.87. The number of benzene rings is 1. The van der Waals surface area contributed by atoms with Gasteiger partial charge in [-0.2, -0.15) is 0 Å². The molecular weight excluding hydrogens is 256 g/mol. The van der Waals surface area contributed by atoms with Crippen molar-refractivity contribution in [2.75, 3.05) is 19.7 Å². The number of rotatable bonds is 1. The van der Waals surface area contributed by atoms with E-state index in [1.165, 1.54) is 4.90 Å². The maximum Gasteiger partial charge on any atom is 0.311 e. The van der Waals surface area contributed by atoms with Gasteiger partial charge >= 0.3 is 11.8 Å². The van der Waals surface area contributed by atoms with Crippen LogP contribution in [0.3, 0.4) is 0 Å². The van der Waals surface area contributed by atoms with Crippen LogP contribution in [0, 0.1) is 0 Å². The lowest BCUT2D eigenvalue weighted by atomic mass is 10.1. The van der Waals surface area contributed by atoms with Crippen LogP contribution < -0.4 is 5.73 Å². The number of primary amides is 1. The maximum atomic E-state index is 11.5. The summed E-state index contributed by atoms with van der Waals surface area (Å²) in [6, 6.07) is 7.20. The molecule has 0 radical (unpaired) electrons. The molecule has 1 aromatic carbocycles. The molecule has 0 spiro atoms. The van der Waals surface area contributed by atoms with Crippen LogP contribution in [0.2, 0.25) is 5.02 Å². The summed E-state index contributed by atoms with van der Waals surface area (Å²) < 4.78 is 5.57. The Morgan fingerprint density at radius 1 is 1.33 bits per heavy atom. The lowest BCUT2D eigenvalue weighted by molar-refractivity contribution is -0.149. The van der Waals surface area contributed by atoms with Gasteiger partial charge in [0.05, 0.1) is 13.2 Å². The molecule has 18 heavy (non-hydrogen) atoms. The molecule has 5 nitrogen and oxygen atoms in total. The highest BCUT2D eigenvalue weighted by molar-refractivity contribution is 6.34. The smallest absolute Gasteiger partial charge is 0.311 e. The van der Waals surface area contributed by atoms with Crippen molar-refractivity contribution in [2.45, 2.75) is 6.10 Å². The van der Waals surface area contributed by atoms with E-state index in [9.17, 15) is 9.59 Å². The highest BCUT2D eigenvalue weighted by Crippen LogP contribution is 2.23.